The number of hydrogen-bond donors (Lipinski definition) is 2. The van der Waals surface area contributed by atoms with Crippen molar-refractivity contribution in [3.8, 4) is 5.75 Å². The SMILES string of the molecule is CCCCCC[C@@H](O)C[C@@H](CO)c1ccc(OC)cc1. The third kappa shape index (κ3) is 5.93. The van der Waals surface area contributed by atoms with E-state index in [4.69, 9.17) is 4.74 Å². The molecule has 2 atom stereocenters. The van der Waals surface area contributed by atoms with E-state index in [0.29, 0.717) is 6.42 Å². The summed E-state index contributed by atoms with van der Waals surface area (Å²) in [6.07, 6.45) is 5.80. The Morgan fingerprint density at radius 1 is 1.10 bits per heavy atom. The van der Waals surface area contributed by atoms with E-state index in [1.54, 1.807) is 7.11 Å². The fourth-order valence-electron chi connectivity index (χ4n) is 2.45. The van der Waals surface area contributed by atoms with Gasteiger partial charge in [0.25, 0.3) is 0 Å². The highest BCUT2D eigenvalue weighted by atomic mass is 16.5. The van der Waals surface area contributed by atoms with E-state index in [1.807, 2.05) is 24.3 Å². The second-order valence-electron chi connectivity index (χ2n) is 5.39. The standard InChI is InChI=1S/C17H28O3/c1-3-4-5-6-7-16(19)12-15(13-18)14-8-10-17(20-2)11-9-14/h8-11,15-16,18-19H,3-7,12-13H2,1-2H3/t15-,16+/m0/s1. The first-order valence-electron chi connectivity index (χ1n) is 7.64. The summed E-state index contributed by atoms with van der Waals surface area (Å²) in [5.74, 6) is 0.813. The zero-order valence-corrected chi connectivity index (χ0v) is 12.7. The second kappa shape index (κ2) is 9.78. The van der Waals surface area contributed by atoms with Gasteiger partial charge in [0.1, 0.15) is 5.75 Å². The highest BCUT2D eigenvalue weighted by Gasteiger charge is 2.15. The van der Waals surface area contributed by atoms with Crippen molar-refractivity contribution >= 4 is 0 Å². The Morgan fingerprint density at radius 2 is 1.80 bits per heavy atom. The van der Waals surface area contributed by atoms with Gasteiger partial charge in [-0.3, -0.25) is 0 Å². The van der Waals surface area contributed by atoms with Crippen molar-refractivity contribution in [1.29, 1.82) is 0 Å². The molecular formula is C17H28O3. The molecule has 0 heterocycles. The molecule has 1 aromatic carbocycles. The lowest BCUT2D eigenvalue weighted by molar-refractivity contribution is 0.126. The number of methoxy groups -OCH3 is 1. The summed E-state index contributed by atoms with van der Waals surface area (Å²) in [6.45, 7) is 2.25. The molecule has 3 nitrogen and oxygen atoms in total. The number of aliphatic hydroxyl groups excluding tert-OH is 2. The lowest BCUT2D eigenvalue weighted by Crippen LogP contribution is -2.15. The minimum Gasteiger partial charge on any atom is -0.497 e. The molecule has 0 saturated carbocycles. The number of hydrogen-bond acceptors (Lipinski definition) is 3. The van der Waals surface area contributed by atoms with Crippen LogP contribution in [0.25, 0.3) is 0 Å². The van der Waals surface area contributed by atoms with Gasteiger partial charge in [0.2, 0.25) is 0 Å². The van der Waals surface area contributed by atoms with E-state index in [-0.39, 0.29) is 18.6 Å². The van der Waals surface area contributed by atoms with Crippen LogP contribution in [0.3, 0.4) is 0 Å². The van der Waals surface area contributed by atoms with Gasteiger partial charge in [-0.2, -0.15) is 0 Å². The first kappa shape index (κ1) is 17.0. The Balaban J connectivity index is 2.44. The van der Waals surface area contributed by atoms with Gasteiger partial charge in [0, 0.05) is 5.92 Å². The van der Waals surface area contributed by atoms with Crippen molar-refractivity contribution in [3.05, 3.63) is 29.8 Å². The molecule has 0 saturated heterocycles. The molecule has 0 aliphatic carbocycles. The monoisotopic (exact) mass is 280 g/mol. The van der Waals surface area contributed by atoms with Crippen LogP contribution in [-0.2, 0) is 0 Å². The molecule has 0 radical (unpaired) electrons. The van der Waals surface area contributed by atoms with Gasteiger partial charge in [-0.05, 0) is 30.5 Å². The van der Waals surface area contributed by atoms with E-state index in [1.165, 1.54) is 19.3 Å². The molecule has 2 N–H and O–H groups in total. The summed E-state index contributed by atoms with van der Waals surface area (Å²) in [6, 6.07) is 7.71. The number of aliphatic hydroxyl groups is 2. The zero-order valence-electron chi connectivity index (χ0n) is 12.7. The van der Waals surface area contributed by atoms with E-state index in [2.05, 4.69) is 6.92 Å². The minimum atomic E-state index is -0.328. The van der Waals surface area contributed by atoms with Crippen molar-refractivity contribution in [3.63, 3.8) is 0 Å². The summed E-state index contributed by atoms with van der Waals surface area (Å²) in [5.41, 5.74) is 1.06. The molecule has 3 heteroatoms. The molecule has 0 aliphatic heterocycles. The van der Waals surface area contributed by atoms with E-state index in [0.717, 1.165) is 24.2 Å². The lowest BCUT2D eigenvalue weighted by atomic mass is 9.92. The average Bonchev–Trinajstić information content (AvgIpc) is 2.49. The van der Waals surface area contributed by atoms with E-state index < -0.39 is 0 Å². The molecule has 1 aromatic rings. The largest absolute Gasteiger partial charge is 0.497 e. The van der Waals surface area contributed by atoms with Gasteiger partial charge >= 0.3 is 0 Å². The predicted octanol–water partition coefficient (Wildman–Crippen LogP) is 3.49. The van der Waals surface area contributed by atoms with E-state index in [9.17, 15) is 10.2 Å². The quantitative estimate of drug-likeness (QED) is 0.645. The van der Waals surface area contributed by atoms with Crippen molar-refractivity contribution in [2.24, 2.45) is 0 Å². The summed E-state index contributed by atoms with van der Waals surface area (Å²) < 4.78 is 5.13. The number of benzene rings is 1. The maximum absolute atomic E-state index is 10.1. The van der Waals surface area contributed by atoms with Crippen LogP contribution in [0.4, 0.5) is 0 Å². The maximum Gasteiger partial charge on any atom is 0.118 e. The van der Waals surface area contributed by atoms with Gasteiger partial charge in [0.05, 0.1) is 19.8 Å². The van der Waals surface area contributed by atoms with Gasteiger partial charge in [0.15, 0.2) is 0 Å². The Kier molecular flexibility index (Phi) is 8.31. The topological polar surface area (TPSA) is 49.7 Å². The highest BCUT2D eigenvalue weighted by Crippen LogP contribution is 2.24. The van der Waals surface area contributed by atoms with Crippen LogP contribution in [-0.4, -0.2) is 30.0 Å². The molecule has 20 heavy (non-hydrogen) atoms. The fraction of sp³-hybridized carbons (Fsp3) is 0.647. The maximum atomic E-state index is 10.1. The smallest absolute Gasteiger partial charge is 0.118 e. The average molecular weight is 280 g/mol. The summed E-state index contributed by atoms with van der Waals surface area (Å²) in [4.78, 5) is 0. The van der Waals surface area contributed by atoms with Crippen LogP contribution in [0.15, 0.2) is 24.3 Å². The zero-order chi connectivity index (χ0) is 14.8. The minimum absolute atomic E-state index is 0.00193. The predicted molar refractivity (Wildman–Crippen MR) is 82.2 cm³/mol. The second-order valence-corrected chi connectivity index (χ2v) is 5.39. The third-order valence-electron chi connectivity index (χ3n) is 3.76. The Bertz CT molecular complexity index is 348. The number of unbranched alkanes of at least 4 members (excludes halogenated alkanes) is 3. The molecular weight excluding hydrogens is 252 g/mol. The molecule has 0 amide bonds. The summed E-state index contributed by atoms with van der Waals surface area (Å²) in [5, 5.41) is 19.6. The van der Waals surface area contributed by atoms with Gasteiger partial charge in [-0.25, -0.2) is 0 Å². The number of rotatable bonds is 10. The van der Waals surface area contributed by atoms with Crippen LogP contribution >= 0.6 is 0 Å². The van der Waals surface area contributed by atoms with Gasteiger partial charge < -0.3 is 14.9 Å². The first-order valence-corrected chi connectivity index (χ1v) is 7.64. The van der Waals surface area contributed by atoms with E-state index >= 15 is 0 Å². The molecule has 0 unspecified atom stereocenters. The molecule has 0 aromatic heterocycles. The first-order chi connectivity index (χ1) is 9.71. The van der Waals surface area contributed by atoms with Gasteiger partial charge in [-0.15, -0.1) is 0 Å². The van der Waals surface area contributed by atoms with Crippen molar-refractivity contribution in [2.75, 3.05) is 13.7 Å². The lowest BCUT2D eigenvalue weighted by Gasteiger charge is -2.19. The summed E-state index contributed by atoms with van der Waals surface area (Å²) in [7, 11) is 1.64. The van der Waals surface area contributed by atoms with Crippen LogP contribution in [0, 0.1) is 0 Å². The Hall–Kier alpha value is -1.06. The van der Waals surface area contributed by atoms with Crippen molar-refractivity contribution in [2.45, 2.75) is 57.5 Å². The van der Waals surface area contributed by atoms with Crippen molar-refractivity contribution in [1.82, 2.24) is 0 Å². The fourth-order valence-corrected chi connectivity index (χ4v) is 2.45. The Labute approximate surface area is 122 Å². The molecule has 114 valence electrons. The normalized spacial score (nSPS) is 14.0. The Morgan fingerprint density at radius 3 is 2.35 bits per heavy atom. The highest BCUT2D eigenvalue weighted by molar-refractivity contribution is 5.29. The van der Waals surface area contributed by atoms with Crippen LogP contribution < -0.4 is 4.74 Å². The molecule has 0 spiro atoms. The molecule has 0 bridgehead atoms. The van der Waals surface area contributed by atoms with Crippen LogP contribution in [0.5, 0.6) is 5.75 Å². The molecule has 0 aliphatic rings. The van der Waals surface area contributed by atoms with Crippen molar-refractivity contribution < 1.29 is 14.9 Å². The van der Waals surface area contributed by atoms with Crippen LogP contribution in [0.1, 0.15) is 56.9 Å². The van der Waals surface area contributed by atoms with Crippen LogP contribution in [0.2, 0.25) is 0 Å². The number of ether oxygens (including phenoxy) is 1. The molecule has 0 fully saturated rings. The van der Waals surface area contributed by atoms with Gasteiger partial charge in [-0.1, -0.05) is 44.7 Å². The molecule has 1 rings (SSSR count). The summed E-state index contributed by atoms with van der Waals surface area (Å²) >= 11 is 0. The third-order valence-corrected chi connectivity index (χ3v) is 3.76.